The molecule has 1 aliphatic heterocycles. The highest BCUT2D eigenvalue weighted by Crippen LogP contribution is 2.12. The van der Waals surface area contributed by atoms with Crippen molar-refractivity contribution in [2.45, 2.75) is 20.4 Å². The number of benzene rings is 1. The molecule has 0 radical (unpaired) electrons. The van der Waals surface area contributed by atoms with Crippen molar-refractivity contribution in [3.8, 4) is 0 Å². The fourth-order valence-corrected chi connectivity index (χ4v) is 1.80. The number of carbonyl (C=O) groups is 1. The standard InChI is InChI=1S/C13H18N2O/c1-9-4-3-5-11(10(9)2)8-15-13(16)12-6-14-7-12/h3-5,12,14H,6-8H2,1-2H3,(H,15,16). The van der Waals surface area contributed by atoms with Gasteiger partial charge in [0.05, 0.1) is 5.92 Å². The third-order valence-corrected chi connectivity index (χ3v) is 3.32. The number of amides is 1. The van der Waals surface area contributed by atoms with Gasteiger partial charge < -0.3 is 10.6 Å². The summed E-state index contributed by atoms with van der Waals surface area (Å²) >= 11 is 0. The van der Waals surface area contributed by atoms with Gasteiger partial charge in [-0.05, 0) is 30.5 Å². The molecule has 0 aliphatic carbocycles. The summed E-state index contributed by atoms with van der Waals surface area (Å²) < 4.78 is 0. The minimum atomic E-state index is 0.166. The van der Waals surface area contributed by atoms with Crippen LogP contribution in [0.3, 0.4) is 0 Å². The number of aryl methyl sites for hydroxylation is 1. The molecule has 1 aliphatic rings. The van der Waals surface area contributed by atoms with E-state index in [0.29, 0.717) is 6.54 Å². The molecule has 1 heterocycles. The summed E-state index contributed by atoms with van der Waals surface area (Å²) in [4.78, 5) is 11.6. The predicted octanol–water partition coefficient (Wildman–Crippen LogP) is 1.14. The topological polar surface area (TPSA) is 41.1 Å². The molecule has 1 saturated heterocycles. The van der Waals surface area contributed by atoms with E-state index in [1.165, 1.54) is 16.7 Å². The van der Waals surface area contributed by atoms with Crippen LogP contribution in [0.15, 0.2) is 18.2 Å². The molecule has 1 fully saturated rings. The average molecular weight is 218 g/mol. The fourth-order valence-electron chi connectivity index (χ4n) is 1.80. The van der Waals surface area contributed by atoms with Crippen LogP contribution in [0.5, 0.6) is 0 Å². The Morgan fingerprint density at radius 1 is 1.44 bits per heavy atom. The Bertz CT molecular complexity index is 397. The number of nitrogens with one attached hydrogen (secondary N) is 2. The summed E-state index contributed by atoms with van der Waals surface area (Å²) in [7, 11) is 0. The molecule has 2 N–H and O–H groups in total. The largest absolute Gasteiger partial charge is 0.352 e. The van der Waals surface area contributed by atoms with E-state index < -0.39 is 0 Å². The molecule has 16 heavy (non-hydrogen) atoms. The molecule has 2 rings (SSSR count). The van der Waals surface area contributed by atoms with Crippen LogP contribution in [0.2, 0.25) is 0 Å². The van der Waals surface area contributed by atoms with Crippen molar-refractivity contribution in [3.05, 3.63) is 34.9 Å². The highest BCUT2D eigenvalue weighted by molar-refractivity contribution is 5.80. The number of hydrogen-bond acceptors (Lipinski definition) is 2. The van der Waals surface area contributed by atoms with Crippen molar-refractivity contribution >= 4 is 5.91 Å². The van der Waals surface area contributed by atoms with Crippen LogP contribution in [-0.4, -0.2) is 19.0 Å². The van der Waals surface area contributed by atoms with Gasteiger partial charge in [0, 0.05) is 19.6 Å². The third-order valence-electron chi connectivity index (χ3n) is 3.32. The Hall–Kier alpha value is -1.35. The Kier molecular flexibility index (Phi) is 3.25. The van der Waals surface area contributed by atoms with Gasteiger partial charge in [0.15, 0.2) is 0 Å². The predicted molar refractivity (Wildman–Crippen MR) is 64.1 cm³/mol. The molecule has 0 unspecified atom stereocenters. The first-order chi connectivity index (χ1) is 7.68. The average Bonchev–Trinajstić information content (AvgIpc) is 2.18. The maximum absolute atomic E-state index is 11.6. The highest BCUT2D eigenvalue weighted by Gasteiger charge is 2.24. The second-order valence-electron chi connectivity index (χ2n) is 4.43. The first kappa shape index (κ1) is 11.1. The smallest absolute Gasteiger partial charge is 0.225 e. The fraction of sp³-hybridized carbons (Fsp3) is 0.462. The molecular formula is C13H18N2O. The van der Waals surface area contributed by atoms with Crippen molar-refractivity contribution in [2.75, 3.05) is 13.1 Å². The monoisotopic (exact) mass is 218 g/mol. The maximum Gasteiger partial charge on any atom is 0.225 e. The number of hydrogen-bond donors (Lipinski definition) is 2. The molecule has 0 aromatic heterocycles. The molecular weight excluding hydrogens is 200 g/mol. The van der Waals surface area contributed by atoms with E-state index in [9.17, 15) is 4.79 Å². The van der Waals surface area contributed by atoms with Gasteiger partial charge >= 0.3 is 0 Å². The first-order valence-electron chi connectivity index (χ1n) is 5.72. The normalized spacial score (nSPS) is 15.6. The van der Waals surface area contributed by atoms with Gasteiger partial charge in [-0.25, -0.2) is 0 Å². The summed E-state index contributed by atoms with van der Waals surface area (Å²) in [6.45, 7) is 6.47. The summed E-state index contributed by atoms with van der Waals surface area (Å²) in [6, 6.07) is 6.20. The van der Waals surface area contributed by atoms with Gasteiger partial charge in [-0.3, -0.25) is 4.79 Å². The highest BCUT2D eigenvalue weighted by atomic mass is 16.2. The minimum absolute atomic E-state index is 0.166. The molecule has 3 nitrogen and oxygen atoms in total. The molecule has 0 saturated carbocycles. The van der Waals surface area contributed by atoms with Crippen molar-refractivity contribution in [1.29, 1.82) is 0 Å². The van der Waals surface area contributed by atoms with Crippen LogP contribution in [0, 0.1) is 19.8 Å². The molecule has 0 spiro atoms. The molecule has 86 valence electrons. The van der Waals surface area contributed by atoms with E-state index in [2.05, 4.69) is 36.6 Å². The maximum atomic E-state index is 11.6. The first-order valence-corrected chi connectivity index (χ1v) is 5.72. The second kappa shape index (κ2) is 4.66. The Morgan fingerprint density at radius 3 is 2.81 bits per heavy atom. The second-order valence-corrected chi connectivity index (χ2v) is 4.43. The zero-order valence-corrected chi connectivity index (χ0v) is 9.84. The number of carbonyl (C=O) groups excluding carboxylic acids is 1. The van der Waals surface area contributed by atoms with Gasteiger partial charge in [0.2, 0.25) is 5.91 Å². The van der Waals surface area contributed by atoms with Crippen LogP contribution in [0.4, 0.5) is 0 Å². The summed E-state index contributed by atoms with van der Waals surface area (Å²) in [6.07, 6.45) is 0. The van der Waals surface area contributed by atoms with E-state index in [-0.39, 0.29) is 11.8 Å². The summed E-state index contributed by atoms with van der Waals surface area (Å²) in [5.74, 6) is 0.338. The zero-order chi connectivity index (χ0) is 11.5. The van der Waals surface area contributed by atoms with E-state index in [0.717, 1.165) is 13.1 Å². The Balaban J connectivity index is 1.93. The van der Waals surface area contributed by atoms with E-state index in [1.54, 1.807) is 0 Å². The zero-order valence-electron chi connectivity index (χ0n) is 9.84. The lowest BCUT2D eigenvalue weighted by Crippen LogP contribution is -2.50. The number of rotatable bonds is 3. The van der Waals surface area contributed by atoms with Gasteiger partial charge in [0.25, 0.3) is 0 Å². The summed E-state index contributed by atoms with van der Waals surface area (Å²) in [5, 5.41) is 6.09. The van der Waals surface area contributed by atoms with Gasteiger partial charge in [-0.15, -0.1) is 0 Å². The van der Waals surface area contributed by atoms with Crippen LogP contribution < -0.4 is 10.6 Å². The van der Waals surface area contributed by atoms with Crippen LogP contribution in [0.1, 0.15) is 16.7 Å². The van der Waals surface area contributed by atoms with E-state index >= 15 is 0 Å². The van der Waals surface area contributed by atoms with Gasteiger partial charge in [-0.1, -0.05) is 18.2 Å². The lowest BCUT2D eigenvalue weighted by atomic mass is 10.0. The van der Waals surface area contributed by atoms with Crippen molar-refractivity contribution in [3.63, 3.8) is 0 Å². The van der Waals surface area contributed by atoms with Crippen molar-refractivity contribution in [2.24, 2.45) is 5.92 Å². The van der Waals surface area contributed by atoms with E-state index in [4.69, 9.17) is 0 Å². The minimum Gasteiger partial charge on any atom is -0.352 e. The van der Waals surface area contributed by atoms with Crippen LogP contribution >= 0.6 is 0 Å². The van der Waals surface area contributed by atoms with Gasteiger partial charge in [0.1, 0.15) is 0 Å². The third kappa shape index (κ3) is 2.25. The SMILES string of the molecule is Cc1cccc(CNC(=O)C2CNC2)c1C. The van der Waals surface area contributed by atoms with Crippen LogP contribution in [-0.2, 0) is 11.3 Å². The molecule has 1 amide bonds. The molecule has 1 aromatic carbocycles. The quantitative estimate of drug-likeness (QED) is 0.798. The van der Waals surface area contributed by atoms with Crippen molar-refractivity contribution in [1.82, 2.24) is 10.6 Å². The lowest BCUT2D eigenvalue weighted by molar-refractivity contribution is -0.126. The van der Waals surface area contributed by atoms with E-state index in [1.807, 2.05) is 6.07 Å². The Morgan fingerprint density at radius 2 is 2.19 bits per heavy atom. The molecule has 0 bridgehead atoms. The lowest BCUT2D eigenvalue weighted by Gasteiger charge is -2.26. The molecule has 0 atom stereocenters. The summed E-state index contributed by atoms with van der Waals surface area (Å²) in [5.41, 5.74) is 3.76. The Labute approximate surface area is 96.2 Å². The van der Waals surface area contributed by atoms with Crippen molar-refractivity contribution < 1.29 is 4.79 Å². The molecule has 1 aromatic rings. The van der Waals surface area contributed by atoms with Gasteiger partial charge in [-0.2, -0.15) is 0 Å². The van der Waals surface area contributed by atoms with Crippen LogP contribution in [0.25, 0.3) is 0 Å². The molecule has 3 heteroatoms.